The highest BCUT2D eigenvalue weighted by Crippen LogP contribution is 2.36. The van der Waals surface area contributed by atoms with Gasteiger partial charge in [-0.05, 0) is 18.2 Å². The van der Waals surface area contributed by atoms with Gasteiger partial charge in [-0.1, -0.05) is 0 Å². The molecule has 3 N–H and O–H groups in total. The van der Waals surface area contributed by atoms with Crippen molar-refractivity contribution in [2.24, 2.45) is 0 Å². The molecule has 30 heavy (non-hydrogen) atoms. The summed E-state index contributed by atoms with van der Waals surface area (Å²) in [5, 5.41) is 9.35. The molecule has 0 aliphatic carbocycles. The van der Waals surface area contributed by atoms with Gasteiger partial charge in [0.05, 0.1) is 16.5 Å². The van der Waals surface area contributed by atoms with Crippen molar-refractivity contribution in [3.05, 3.63) is 30.1 Å². The number of carboxylic acid groups (broad SMARTS) is 1. The van der Waals surface area contributed by atoms with Crippen molar-refractivity contribution in [1.29, 1.82) is 0 Å². The minimum absolute atomic E-state index is 0.0597. The van der Waals surface area contributed by atoms with Crippen LogP contribution in [0.1, 0.15) is 5.56 Å². The van der Waals surface area contributed by atoms with E-state index in [9.17, 15) is 32.7 Å². The number of amides is 2. The molecule has 10 nitrogen and oxygen atoms in total. The van der Waals surface area contributed by atoms with E-state index in [1.165, 1.54) is 4.57 Å². The van der Waals surface area contributed by atoms with Gasteiger partial charge in [0.15, 0.2) is 6.04 Å². The number of nitrogens with two attached hydrogens (primary N) is 1. The Morgan fingerprint density at radius 2 is 2.03 bits per heavy atom. The van der Waals surface area contributed by atoms with Crippen molar-refractivity contribution in [3.8, 4) is 0 Å². The van der Waals surface area contributed by atoms with E-state index in [-0.39, 0.29) is 27.8 Å². The van der Waals surface area contributed by atoms with Gasteiger partial charge in [-0.3, -0.25) is 4.79 Å². The zero-order valence-electron chi connectivity index (χ0n) is 14.9. The Labute approximate surface area is 164 Å². The molecular weight excluding hydrogens is 411 g/mol. The van der Waals surface area contributed by atoms with Gasteiger partial charge in [-0.15, -0.1) is 0 Å². The largest absolute Gasteiger partial charge is 0.480 e. The van der Waals surface area contributed by atoms with Gasteiger partial charge in [0, 0.05) is 5.39 Å². The molecule has 3 heterocycles. The Hall–Kier alpha value is -3.90. The number of imide groups is 1. The number of hydrogen-bond donors (Lipinski definition) is 2. The molecule has 13 heteroatoms. The highest BCUT2D eigenvalue weighted by atomic mass is 19.4. The van der Waals surface area contributed by atoms with Crippen LogP contribution in [0.25, 0.3) is 21.9 Å². The molecule has 0 radical (unpaired) electrons. The topological polar surface area (TPSA) is 141 Å². The van der Waals surface area contributed by atoms with Crippen molar-refractivity contribution in [2.45, 2.75) is 18.8 Å². The molecule has 1 fully saturated rings. The molecule has 1 atom stereocenters. The molecule has 0 spiro atoms. The van der Waals surface area contributed by atoms with Crippen LogP contribution in [0.5, 0.6) is 0 Å². The van der Waals surface area contributed by atoms with Crippen LogP contribution in [-0.4, -0.2) is 55.2 Å². The quantitative estimate of drug-likeness (QED) is 0.648. The van der Waals surface area contributed by atoms with Gasteiger partial charge in [0.1, 0.15) is 30.9 Å². The number of aromatic nitrogens is 3. The molecule has 2 aromatic heterocycles. The van der Waals surface area contributed by atoms with Gasteiger partial charge in [0.25, 0.3) is 5.91 Å². The molecule has 1 aliphatic rings. The third kappa shape index (κ3) is 2.94. The number of carboxylic acids is 1. The summed E-state index contributed by atoms with van der Waals surface area (Å²) < 4.78 is 45.4. The maximum Gasteiger partial charge on any atom is 0.417 e. The average Bonchev–Trinajstić information content (AvgIpc) is 3.20. The van der Waals surface area contributed by atoms with Gasteiger partial charge in [-0.2, -0.15) is 13.2 Å². The summed E-state index contributed by atoms with van der Waals surface area (Å²) in [4.78, 5) is 44.1. The van der Waals surface area contributed by atoms with Crippen LogP contribution >= 0.6 is 0 Å². The lowest BCUT2D eigenvalue weighted by Crippen LogP contribution is -2.45. The molecule has 0 unspecified atom stereocenters. The molecule has 1 saturated heterocycles. The predicted octanol–water partition coefficient (Wildman–Crippen LogP) is 1.62. The lowest BCUT2D eigenvalue weighted by atomic mass is 10.1. The number of rotatable bonds is 3. The van der Waals surface area contributed by atoms with E-state index in [2.05, 4.69) is 14.7 Å². The minimum atomic E-state index is -4.61. The Balaban J connectivity index is 1.86. The first-order valence-corrected chi connectivity index (χ1v) is 8.41. The zero-order chi connectivity index (χ0) is 21.8. The normalized spacial score (nSPS) is 17.0. The SMILES string of the molecule is Nc1ncnc2c1c1cc(C(F)(F)F)ccc1n2CC(=O)N1C(=O)OC[C@H]1C(=O)O. The molecule has 156 valence electrons. The standard InChI is InChI=1S/C17H12F3N5O5/c18-17(19,20)7-1-2-9-8(3-7)12-13(21)22-6-23-14(12)24(9)4-11(26)25-10(15(27)28)5-30-16(25)29/h1-3,6,10H,4-5H2,(H,27,28)(H2,21,22,23)/t10-/m0/s1. The number of carbonyl (C=O) groups is 3. The molecule has 2 amide bonds. The summed E-state index contributed by atoms with van der Waals surface area (Å²) in [7, 11) is 0. The lowest BCUT2D eigenvalue weighted by Gasteiger charge is -2.17. The summed E-state index contributed by atoms with van der Waals surface area (Å²) in [6.45, 7) is -1.09. The molecule has 3 aromatic rings. The number of anilines is 1. The van der Waals surface area contributed by atoms with Crippen LogP contribution in [0.3, 0.4) is 0 Å². The van der Waals surface area contributed by atoms with Crippen LogP contribution < -0.4 is 5.73 Å². The van der Waals surface area contributed by atoms with Crippen LogP contribution in [-0.2, 0) is 27.0 Å². The van der Waals surface area contributed by atoms with E-state index >= 15 is 0 Å². The van der Waals surface area contributed by atoms with Crippen LogP contribution in [0, 0.1) is 0 Å². The molecule has 1 aromatic carbocycles. The number of alkyl halides is 3. The summed E-state index contributed by atoms with van der Waals surface area (Å²) in [5.74, 6) is -2.46. The number of hydrogen-bond acceptors (Lipinski definition) is 7. The number of ether oxygens (including phenoxy) is 1. The van der Waals surface area contributed by atoms with E-state index in [4.69, 9.17) is 5.73 Å². The molecule has 4 rings (SSSR count). The summed E-state index contributed by atoms with van der Waals surface area (Å²) in [5.41, 5.74) is 5.14. The first-order valence-electron chi connectivity index (χ1n) is 8.41. The number of benzene rings is 1. The summed E-state index contributed by atoms with van der Waals surface area (Å²) >= 11 is 0. The Morgan fingerprint density at radius 1 is 1.30 bits per heavy atom. The molecule has 1 aliphatic heterocycles. The predicted molar refractivity (Wildman–Crippen MR) is 94.1 cm³/mol. The van der Waals surface area contributed by atoms with Crippen molar-refractivity contribution < 1.29 is 37.4 Å². The number of aliphatic carboxylic acids is 1. The van der Waals surface area contributed by atoms with Gasteiger partial charge >= 0.3 is 18.2 Å². The average molecular weight is 423 g/mol. The van der Waals surface area contributed by atoms with E-state index < -0.39 is 48.9 Å². The zero-order valence-corrected chi connectivity index (χ0v) is 14.9. The minimum Gasteiger partial charge on any atom is -0.480 e. The van der Waals surface area contributed by atoms with Crippen LogP contribution in [0.4, 0.5) is 23.8 Å². The second-order valence-electron chi connectivity index (χ2n) is 6.47. The van der Waals surface area contributed by atoms with E-state index in [0.717, 1.165) is 24.5 Å². The maximum absolute atomic E-state index is 13.2. The fraction of sp³-hybridized carbons (Fsp3) is 0.235. The number of cyclic esters (lactones) is 1. The molecule has 0 bridgehead atoms. The Kier molecular flexibility index (Phi) is 4.25. The highest BCUT2D eigenvalue weighted by molar-refractivity contribution is 6.12. The van der Waals surface area contributed by atoms with Crippen molar-refractivity contribution >= 4 is 45.7 Å². The number of carbonyl (C=O) groups excluding carboxylic acids is 2. The monoisotopic (exact) mass is 423 g/mol. The maximum atomic E-state index is 13.2. The van der Waals surface area contributed by atoms with E-state index in [1.54, 1.807) is 0 Å². The fourth-order valence-electron chi connectivity index (χ4n) is 3.36. The molecule has 0 saturated carbocycles. The number of halogens is 3. The van der Waals surface area contributed by atoms with Crippen molar-refractivity contribution in [3.63, 3.8) is 0 Å². The van der Waals surface area contributed by atoms with Crippen molar-refractivity contribution in [1.82, 2.24) is 19.4 Å². The third-order valence-corrected chi connectivity index (χ3v) is 4.72. The second kappa shape index (κ2) is 6.57. The lowest BCUT2D eigenvalue weighted by molar-refractivity contribution is -0.146. The van der Waals surface area contributed by atoms with Gasteiger partial charge in [0.2, 0.25) is 0 Å². The van der Waals surface area contributed by atoms with Crippen LogP contribution in [0.2, 0.25) is 0 Å². The highest BCUT2D eigenvalue weighted by Gasteiger charge is 2.42. The number of nitrogen functional groups attached to an aromatic ring is 1. The number of nitrogens with zero attached hydrogens (tertiary/aromatic N) is 4. The first kappa shape index (κ1) is 19.4. The van der Waals surface area contributed by atoms with Gasteiger partial charge < -0.3 is 20.1 Å². The Morgan fingerprint density at radius 3 is 2.70 bits per heavy atom. The fourth-order valence-corrected chi connectivity index (χ4v) is 3.36. The number of fused-ring (bicyclic) bond motifs is 3. The second-order valence-corrected chi connectivity index (χ2v) is 6.47. The summed E-state index contributed by atoms with van der Waals surface area (Å²) in [6, 6.07) is 1.33. The van der Waals surface area contributed by atoms with E-state index in [1.807, 2.05) is 0 Å². The smallest absolute Gasteiger partial charge is 0.417 e. The van der Waals surface area contributed by atoms with Gasteiger partial charge in [-0.25, -0.2) is 24.5 Å². The first-order chi connectivity index (χ1) is 14.1. The van der Waals surface area contributed by atoms with Crippen LogP contribution in [0.15, 0.2) is 24.5 Å². The molecular formula is C17H12F3N5O5. The third-order valence-electron chi connectivity index (χ3n) is 4.72. The van der Waals surface area contributed by atoms with Crippen molar-refractivity contribution in [2.75, 3.05) is 12.3 Å². The van der Waals surface area contributed by atoms with E-state index in [0.29, 0.717) is 4.90 Å². The summed E-state index contributed by atoms with van der Waals surface area (Å²) in [6.07, 6.45) is -4.66. The Bertz CT molecular complexity index is 1220.